The maximum atomic E-state index is 8.42. The summed E-state index contributed by atoms with van der Waals surface area (Å²) >= 11 is 23.3. The summed E-state index contributed by atoms with van der Waals surface area (Å²) in [5.74, 6) is 0. The molecule has 0 saturated heterocycles. The Labute approximate surface area is 101 Å². The molecule has 0 atom stereocenters. The molecular formula is C8H4Cl4N2. The fourth-order valence-electron chi connectivity index (χ4n) is 0.884. The highest BCUT2D eigenvalue weighted by molar-refractivity contribution is 6.50. The van der Waals surface area contributed by atoms with Crippen molar-refractivity contribution < 1.29 is 0 Å². The number of nitriles is 1. The van der Waals surface area contributed by atoms with Gasteiger partial charge in [0.2, 0.25) is 4.46 Å². The Morgan fingerprint density at radius 1 is 1.29 bits per heavy atom. The zero-order valence-electron chi connectivity index (χ0n) is 6.69. The predicted molar refractivity (Wildman–Crippen MR) is 58.6 cm³/mol. The second kappa shape index (κ2) is 4.46. The number of rotatable bonds is 2. The van der Waals surface area contributed by atoms with Crippen LogP contribution < -0.4 is 5.32 Å². The average molecular weight is 270 g/mol. The quantitative estimate of drug-likeness (QED) is 0.385. The van der Waals surface area contributed by atoms with E-state index in [0.717, 1.165) is 0 Å². The van der Waals surface area contributed by atoms with Gasteiger partial charge in [0.15, 0.2) is 6.19 Å². The Hall–Kier alpha value is -0.330. The molecule has 74 valence electrons. The summed E-state index contributed by atoms with van der Waals surface area (Å²) in [5.41, 5.74) is 0.344. The molecule has 0 aromatic heterocycles. The SMILES string of the molecule is N#CNC(Cl)(Cl)c1cccc(Cl)c1Cl. The van der Waals surface area contributed by atoms with E-state index in [1.807, 2.05) is 0 Å². The molecule has 1 N–H and O–H groups in total. The van der Waals surface area contributed by atoms with E-state index in [0.29, 0.717) is 10.6 Å². The predicted octanol–water partition coefficient (Wildman–Crippen LogP) is 3.65. The first kappa shape index (κ1) is 11.7. The van der Waals surface area contributed by atoms with Crippen molar-refractivity contribution in [2.24, 2.45) is 0 Å². The maximum Gasteiger partial charge on any atom is 0.223 e. The minimum atomic E-state index is -1.56. The van der Waals surface area contributed by atoms with Crippen molar-refractivity contribution in [2.45, 2.75) is 4.46 Å². The molecule has 0 fully saturated rings. The minimum absolute atomic E-state index is 0.224. The summed E-state index contributed by atoms with van der Waals surface area (Å²) in [6.07, 6.45) is 1.64. The molecule has 0 aliphatic rings. The lowest BCUT2D eigenvalue weighted by Gasteiger charge is -2.19. The van der Waals surface area contributed by atoms with E-state index in [-0.39, 0.29) is 5.02 Å². The van der Waals surface area contributed by atoms with Gasteiger partial charge in [-0.2, -0.15) is 5.26 Å². The largest absolute Gasteiger partial charge is 0.287 e. The van der Waals surface area contributed by atoms with Gasteiger partial charge in [0.05, 0.1) is 10.0 Å². The van der Waals surface area contributed by atoms with E-state index in [1.165, 1.54) is 0 Å². The number of hydrogen-bond donors (Lipinski definition) is 1. The first-order valence-electron chi connectivity index (χ1n) is 3.47. The first-order chi connectivity index (χ1) is 6.49. The molecule has 0 unspecified atom stereocenters. The van der Waals surface area contributed by atoms with Crippen molar-refractivity contribution in [3.63, 3.8) is 0 Å². The van der Waals surface area contributed by atoms with Crippen LogP contribution >= 0.6 is 46.4 Å². The topological polar surface area (TPSA) is 35.8 Å². The van der Waals surface area contributed by atoms with Crippen molar-refractivity contribution >= 4 is 46.4 Å². The molecule has 1 aromatic rings. The van der Waals surface area contributed by atoms with Crippen molar-refractivity contribution in [3.8, 4) is 6.19 Å². The molecule has 0 aliphatic heterocycles. The third kappa shape index (κ3) is 2.37. The van der Waals surface area contributed by atoms with E-state index in [2.05, 4.69) is 5.32 Å². The van der Waals surface area contributed by atoms with E-state index < -0.39 is 4.46 Å². The van der Waals surface area contributed by atoms with Crippen LogP contribution in [0.25, 0.3) is 0 Å². The van der Waals surface area contributed by atoms with Gasteiger partial charge in [-0.05, 0) is 6.07 Å². The molecule has 0 heterocycles. The van der Waals surface area contributed by atoms with Crippen molar-refractivity contribution in [1.29, 1.82) is 5.26 Å². The summed E-state index contributed by atoms with van der Waals surface area (Å²) in [6, 6.07) is 4.82. The molecule has 0 radical (unpaired) electrons. The molecule has 6 heteroatoms. The van der Waals surface area contributed by atoms with Gasteiger partial charge >= 0.3 is 0 Å². The highest BCUT2D eigenvalue weighted by Gasteiger charge is 2.29. The fourth-order valence-corrected chi connectivity index (χ4v) is 1.82. The minimum Gasteiger partial charge on any atom is -0.287 e. The van der Waals surface area contributed by atoms with Crippen LogP contribution in [0.5, 0.6) is 0 Å². The van der Waals surface area contributed by atoms with E-state index in [4.69, 9.17) is 51.7 Å². The second-order valence-electron chi connectivity index (χ2n) is 2.41. The molecule has 14 heavy (non-hydrogen) atoms. The monoisotopic (exact) mass is 268 g/mol. The molecule has 2 nitrogen and oxygen atoms in total. The van der Waals surface area contributed by atoms with Crippen LogP contribution in [0.3, 0.4) is 0 Å². The number of hydrogen-bond acceptors (Lipinski definition) is 2. The second-order valence-corrected chi connectivity index (χ2v) is 4.53. The van der Waals surface area contributed by atoms with Gasteiger partial charge in [-0.3, -0.25) is 5.32 Å². The van der Waals surface area contributed by atoms with Crippen molar-refractivity contribution in [3.05, 3.63) is 33.8 Å². The lowest BCUT2D eigenvalue weighted by molar-refractivity contribution is 0.766. The van der Waals surface area contributed by atoms with Gasteiger partial charge < -0.3 is 0 Å². The molecule has 1 rings (SSSR count). The summed E-state index contributed by atoms with van der Waals surface area (Å²) < 4.78 is -1.56. The van der Waals surface area contributed by atoms with Crippen LogP contribution in [0.15, 0.2) is 18.2 Å². The Bertz CT molecular complexity index is 383. The van der Waals surface area contributed by atoms with Gasteiger partial charge in [0, 0.05) is 5.56 Å². The standard InChI is InChI=1S/C8H4Cl4N2/c9-6-3-1-2-5(7(6)10)8(11,12)14-4-13/h1-3,14H. The van der Waals surface area contributed by atoms with Crippen molar-refractivity contribution in [2.75, 3.05) is 0 Å². The van der Waals surface area contributed by atoms with Crippen molar-refractivity contribution in [1.82, 2.24) is 5.32 Å². The van der Waals surface area contributed by atoms with Crippen LogP contribution in [0.2, 0.25) is 10.0 Å². The highest BCUT2D eigenvalue weighted by atomic mass is 35.5. The Morgan fingerprint density at radius 2 is 1.93 bits per heavy atom. The van der Waals surface area contributed by atoms with Crippen LogP contribution in [-0.4, -0.2) is 0 Å². The van der Waals surface area contributed by atoms with Gasteiger partial charge in [-0.25, -0.2) is 0 Å². The number of halogens is 4. The summed E-state index contributed by atoms with van der Waals surface area (Å²) in [7, 11) is 0. The zero-order chi connectivity index (χ0) is 10.8. The Balaban J connectivity index is 3.20. The third-order valence-corrected chi connectivity index (χ3v) is 2.92. The molecule has 0 bridgehead atoms. The average Bonchev–Trinajstić information content (AvgIpc) is 2.09. The summed E-state index contributed by atoms with van der Waals surface area (Å²) in [5, 5.41) is 11.2. The van der Waals surface area contributed by atoms with Crippen LogP contribution in [0, 0.1) is 11.5 Å². The fraction of sp³-hybridized carbons (Fsp3) is 0.125. The number of benzene rings is 1. The lowest BCUT2D eigenvalue weighted by Crippen LogP contribution is -2.27. The van der Waals surface area contributed by atoms with Gasteiger partial charge in [0.25, 0.3) is 0 Å². The smallest absolute Gasteiger partial charge is 0.223 e. The van der Waals surface area contributed by atoms with Crippen LogP contribution in [-0.2, 0) is 4.46 Å². The summed E-state index contributed by atoms with van der Waals surface area (Å²) in [6.45, 7) is 0. The highest BCUT2D eigenvalue weighted by Crippen LogP contribution is 2.38. The third-order valence-electron chi connectivity index (χ3n) is 1.50. The molecule has 0 saturated carbocycles. The normalized spacial score (nSPS) is 10.8. The first-order valence-corrected chi connectivity index (χ1v) is 4.99. The molecule has 1 aromatic carbocycles. The molecule has 0 aliphatic carbocycles. The van der Waals surface area contributed by atoms with E-state index in [1.54, 1.807) is 24.4 Å². The Kier molecular flexibility index (Phi) is 3.74. The Morgan fingerprint density at radius 3 is 2.50 bits per heavy atom. The van der Waals surface area contributed by atoms with Crippen LogP contribution in [0.4, 0.5) is 0 Å². The number of nitrogens with zero attached hydrogens (tertiary/aromatic N) is 1. The van der Waals surface area contributed by atoms with E-state index in [9.17, 15) is 0 Å². The molecule has 0 spiro atoms. The van der Waals surface area contributed by atoms with Gasteiger partial charge in [-0.1, -0.05) is 58.5 Å². The maximum absolute atomic E-state index is 8.42. The molecular weight excluding hydrogens is 266 g/mol. The lowest BCUT2D eigenvalue weighted by atomic mass is 10.2. The zero-order valence-corrected chi connectivity index (χ0v) is 9.71. The molecule has 0 amide bonds. The van der Waals surface area contributed by atoms with Gasteiger partial charge in [0.1, 0.15) is 0 Å². The van der Waals surface area contributed by atoms with Crippen LogP contribution in [0.1, 0.15) is 5.56 Å². The van der Waals surface area contributed by atoms with Gasteiger partial charge in [-0.15, -0.1) is 0 Å². The summed E-state index contributed by atoms with van der Waals surface area (Å²) in [4.78, 5) is 0. The number of alkyl halides is 2. The van der Waals surface area contributed by atoms with E-state index >= 15 is 0 Å². The number of nitrogens with one attached hydrogen (secondary N) is 1.